The first-order valence-corrected chi connectivity index (χ1v) is 6.94. The van der Waals surface area contributed by atoms with E-state index in [-0.39, 0.29) is 24.0 Å². The van der Waals surface area contributed by atoms with E-state index < -0.39 is 0 Å². The first-order chi connectivity index (χ1) is 8.76. The summed E-state index contributed by atoms with van der Waals surface area (Å²) in [6.45, 7) is 5.25. The second kappa shape index (κ2) is 5.96. The molecule has 3 aromatic rings. The number of pyridine rings is 1. The van der Waals surface area contributed by atoms with Crippen LogP contribution in [0.15, 0.2) is 42.7 Å². The molecule has 0 saturated carbocycles. The Balaban J connectivity index is 0.00000133. The van der Waals surface area contributed by atoms with Crippen LogP contribution in [-0.4, -0.2) is 4.98 Å². The number of aryl methyl sites for hydroxylation is 2. The first-order valence-electron chi connectivity index (χ1n) is 6.13. The third-order valence-electron chi connectivity index (χ3n) is 3.01. The van der Waals surface area contributed by atoms with Crippen molar-refractivity contribution in [3.63, 3.8) is 0 Å². The lowest BCUT2D eigenvalue weighted by Gasteiger charge is -1.94. The maximum absolute atomic E-state index is 4.70. The number of hydrogen-bond acceptors (Lipinski definition) is 2. The van der Waals surface area contributed by atoms with E-state index in [1.54, 1.807) is 11.3 Å². The highest BCUT2D eigenvalue weighted by Crippen LogP contribution is 2.29. The molecule has 98 valence electrons. The zero-order chi connectivity index (χ0) is 12.5. The van der Waals surface area contributed by atoms with E-state index in [1.807, 2.05) is 0 Å². The van der Waals surface area contributed by atoms with E-state index >= 15 is 0 Å². The van der Waals surface area contributed by atoms with Crippen LogP contribution in [0.4, 0.5) is 0 Å². The van der Waals surface area contributed by atoms with Gasteiger partial charge in [0.25, 0.3) is 0 Å². The molecule has 0 bridgehead atoms. The van der Waals surface area contributed by atoms with Gasteiger partial charge in [-0.1, -0.05) is 6.07 Å². The van der Waals surface area contributed by atoms with Gasteiger partial charge >= 0.3 is 0 Å². The zero-order valence-electron chi connectivity index (χ0n) is 10.9. The van der Waals surface area contributed by atoms with Gasteiger partial charge in [-0.05, 0) is 37.6 Å². The van der Waals surface area contributed by atoms with Gasteiger partial charge < -0.3 is 24.0 Å². The first kappa shape index (κ1) is 14.4. The molecule has 1 aromatic carbocycles. The van der Waals surface area contributed by atoms with Gasteiger partial charge in [-0.15, -0.1) is 11.3 Å². The van der Waals surface area contributed by atoms with Crippen LogP contribution >= 0.6 is 11.3 Å². The molecule has 0 N–H and O–H groups in total. The highest BCUT2D eigenvalue weighted by Gasteiger charge is 2.09. The largest absolute Gasteiger partial charge is 1.00 e. The number of hydrogen-bond donors (Lipinski definition) is 0. The molecule has 2 heterocycles. The number of halogens is 1. The average molecular weight is 382 g/mol. The normalized spacial score (nSPS) is 10.4. The van der Waals surface area contributed by atoms with Crippen LogP contribution in [0.2, 0.25) is 0 Å². The van der Waals surface area contributed by atoms with Crippen molar-refractivity contribution in [3.05, 3.63) is 48.3 Å². The second-order valence-electron chi connectivity index (χ2n) is 4.41. The third kappa shape index (κ3) is 2.95. The molecule has 0 atom stereocenters. The summed E-state index contributed by atoms with van der Waals surface area (Å²) in [6.07, 6.45) is 4.24. The van der Waals surface area contributed by atoms with E-state index in [0.717, 1.165) is 17.1 Å². The monoisotopic (exact) mass is 382 g/mol. The molecule has 0 aliphatic heterocycles. The van der Waals surface area contributed by atoms with E-state index in [4.69, 9.17) is 4.98 Å². The smallest absolute Gasteiger partial charge is 0.179 e. The predicted octanol–water partition coefficient (Wildman–Crippen LogP) is 0.583. The number of nitrogens with zero attached hydrogens (tertiary/aromatic N) is 2. The van der Waals surface area contributed by atoms with Gasteiger partial charge in [0.15, 0.2) is 12.4 Å². The number of aromatic nitrogens is 2. The van der Waals surface area contributed by atoms with E-state index in [1.165, 1.54) is 15.8 Å². The van der Waals surface area contributed by atoms with Crippen molar-refractivity contribution in [1.29, 1.82) is 0 Å². The van der Waals surface area contributed by atoms with E-state index in [0.29, 0.717) is 0 Å². The molecule has 0 fully saturated rings. The summed E-state index contributed by atoms with van der Waals surface area (Å²) in [5, 5.41) is 1.10. The van der Waals surface area contributed by atoms with Crippen molar-refractivity contribution in [2.75, 3.05) is 0 Å². The summed E-state index contributed by atoms with van der Waals surface area (Å²) in [4.78, 5) is 4.70. The lowest BCUT2D eigenvalue weighted by atomic mass is 10.2. The highest BCUT2D eigenvalue weighted by atomic mass is 127. The Kier molecular flexibility index (Phi) is 4.52. The minimum Gasteiger partial charge on any atom is -1.00 e. The molecule has 0 amide bonds. The SMILES string of the molecule is CC[n+]1cccc(-c2nc3ccc(C)cc3s2)c1.[I-]. The molecule has 2 nitrogen and oxygen atoms in total. The fourth-order valence-corrected chi connectivity index (χ4v) is 3.05. The number of fused-ring (bicyclic) bond motifs is 1. The van der Waals surface area contributed by atoms with Crippen LogP contribution in [-0.2, 0) is 6.54 Å². The summed E-state index contributed by atoms with van der Waals surface area (Å²) in [5.41, 5.74) is 3.57. The summed E-state index contributed by atoms with van der Waals surface area (Å²) in [7, 11) is 0. The Morgan fingerprint density at radius 1 is 1.26 bits per heavy atom. The van der Waals surface area contributed by atoms with Gasteiger partial charge in [-0.3, -0.25) is 0 Å². The van der Waals surface area contributed by atoms with Gasteiger partial charge in [-0.25, -0.2) is 9.55 Å². The predicted molar refractivity (Wildman–Crippen MR) is 75.7 cm³/mol. The summed E-state index contributed by atoms with van der Waals surface area (Å²) in [5.74, 6) is 0. The zero-order valence-corrected chi connectivity index (χ0v) is 13.9. The van der Waals surface area contributed by atoms with Crippen molar-refractivity contribution >= 4 is 21.6 Å². The third-order valence-corrected chi connectivity index (χ3v) is 4.08. The Bertz CT molecular complexity index is 706. The van der Waals surface area contributed by atoms with Gasteiger partial charge in [0.2, 0.25) is 0 Å². The van der Waals surface area contributed by atoms with Crippen molar-refractivity contribution in [2.24, 2.45) is 0 Å². The van der Waals surface area contributed by atoms with Crippen LogP contribution in [0.3, 0.4) is 0 Å². The van der Waals surface area contributed by atoms with Crippen LogP contribution in [0.5, 0.6) is 0 Å². The quantitative estimate of drug-likeness (QED) is 0.468. The van der Waals surface area contributed by atoms with Crippen LogP contribution < -0.4 is 28.5 Å². The Labute approximate surface area is 134 Å². The fraction of sp³-hybridized carbons (Fsp3) is 0.200. The molecule has 0 unspecified atom stereocenters. The molecule has 0 radical (unpaired) electrons. The number of benzene rings is 1. The van der Waals surface area contributed by atoms with E-state index in [2.05, 4.69) is 61.1 Å². The van der Waals surface area contributed by atoms with Crippen LogP contribution in [0.1, 0.15) is 12.5 Å². The average Bonchev–Trinajstić information content (AvgIpc) is 2.81. The van der Waals surface area contributed by atoms with Crippen molar-refractivity contribution in [1.82, 2.24) is 4.98 Å². The second-order valence-corrected chi connectivity index (χ2v) is 5.44. The minimum absolute atomic E-state index is 0. The van der Waals surface area contributed by atoms with E-state index in [9.17, 15) is 0 Å². The fourth-order valence-electron chi connectivity index (χ4n) is 2.00. The Morgan fingerprint density at radius 3 is 2.89 bits per heavy atom. The molecule has 0 aliphatic carbocycles. The molecule has 3 rings (SSSR count). The highest BCUT2D eigenvalue weighted by molar-refractivity contribution is 7.21. The number of thiazole rings is 1. The molecule has 0 saturated heterocycles. The van der Waals surface area contributed by atoms with Gasteiger partial charge in [0.05, 0.1) is 15.8 Å². The molecule has 2 aromatic heterocycles. The maximum atomic E-state index is 4.70. The number of rotatable bonds is 2. The van der Waals surface area contributed by atoms with Crippen LogP contribution in [0.25, 0.3) is 20.8 Å². The van der Waals surface area contributed by atoms with Gasteiger partial charge in [0.1, 0.15) is 11.6 Å². The molecule has 0 aliphatic rings. The van der Waals surface area contributed by atoms with Crippen LogP contribution in [0, 0.1) is 6.92 Å². The van der Waals surface area contributed by atoms with Gasteiger partial charge in [0, 0.05) is 6.07 Å². The summed E-state index contributed by atoms with van der Waals surface area (Å²) >= 11 is 1.76. The standard InChI is InChI=1S/C15H15N2S.HI/c1-3-17-8-4-5-12(10-17)15-16-13-7-6-11(2)9-14(13)18-15;/h4-10H,3H2,1-2H3;1H/q+1;/p-1. The topological polar surface area (TPSA) is 16.8 Å². The molecule has 19 heavy (non-hydrogen) atoms. The lowest BCUT2D eigenvalue weighted by Crippen LogP contribution is -3.00. The Morgan fingerprint density at radius 2 is 2.11 bits per heavy atom. The maximum Gasteiger partial charge on any atom is 0.179 e. The Hall–Kier alpha value is -1.01. The van der Waals surface area contributed by atoms with Gasteiger partial charge in [-0.2, -0.15) is 0 Å². The van der Waals surface area contributed by atoms with Crippen molar-refractivity contribution in [3.8, 4) is 10.6 Å². The minimum atomic E-state index is 0. The lowest BCUT2D eigenvalue weighted by molar-refractivity contribution is -0.693. The molecular weight excluding hydrogens is 367 g/mol. The van der Waals surface area contributed by atoms with Crippen molar-refractivity contribution < 1.29 is 28.5 Å². The molecule has 0 spiro atoms. The summed E-state index contributed by atoms with van der Waals surface area (Å²) < 4.78 is 3.43. The molecule has 4 heteroatoms. The van der Waals surface area contributed by atoms with Crippen molar-refractivity contribution in [2.45, 2.75) is 20.4 Å². The molecular formula is C15H15IN2S. The summed E-state index contributed by atoms with van der Waals surface area (Å²) in [6, 6.07) is 10.6.